The van der Waals surface area contributed by atoms with Crippen LogP contribution in [0.15, 0.2) is 90.0 Å². The fourth-order valence-electron chi connectivity index (χ4n) is 2.89. The summed E-state index contributed by atoms with van der Waals surface area (Å²) >= 11 is 1.71. The van der Waals surface area contributed by atoms with Crippen LogP contribution in [0.5, 0.6) is 11.5 Å². The second-order valence-corrected chi connectivity index (χ2v) is 8.06. The number of ether oxygens (including phenoxy) is 2. The Morgan fingerprint density at radius 1 is 0.939 bits per heavy atom. The van der Waals surface area contributed by atoms with Crippen LogP contribution >= 0.6 is 11.8 Å². The number of amides is 2. The van der Waals surface area contributed by atoms with Gasteiger partial charge in [-0.2, -0.15) is 0 Å². The molecule has 3 rings (SSSR count). The summed E-state index contributed by atoms with van der Waals surface area (Å²) in [7, 11) is 0. The number of hydrogen-bond donors (Lipinski definition) is 3. The number of para-hydroxylation sites is 1. The Morgan fingerprint density at radius 3 is 2.33 bits per heavy atom. The van der Waals surface area contributed by atoms with Gasteiger partial charge in [0, 0.05) is 17.6 Å². The molecule has 6 nitrogen and oxygen atoms in total. The van der Waals surface area contributed by atoms with E-state index < -0.39 is 0 Å². The Kier molecular flexibility index (Phi) is 9.54. The van der Waals surface area contributed by atoms with Crippen molar-refractivity contribution in [2.45, 2.75) is 17.9 Å². The van der Waals surface area contributed by atoms with Gasteiger partial charge in [0.25, 0.3) is 0 Å². The monoisotopic (exact) mass is 463 g/mol. The van der Waals surface area contributed by atoms with Crippen LogP contribution < -0.4 is 25.8 Å². The topological polar surface area (TPSA) is 85.6 Å². The van der Waals surface area contributed by atoms with E-state index in [4.69, 9.17) is 15.2 Å². The highest BCUT2D eigenvalue weighted by molar-refractivity contribution is 7.98. The van der Waals surface area contributed by atoms with E-state index in [2.05, 4.69) is 41.2 Å². The Hall–Kier alpha value is -3.58. The van der Waals surface area contributed by atoms with Gasteiger partial charge in [-0.1, -0.05) is 30.3 Å². The first-order valence-corrected chi connectivity index (χ1v) is 11.9. The van der Waals surface area contributed by atoms with Crippen molar-refractivity contribution in [1.82, 2.24) is 10.6 Å². The summed E-state index contributed by atoms with van der Waals surface area (Å²) in [5, 5.41) is 5.42. The molecule has 0 heterocycles. The van der Waals surface area contributed by atoms with E-state index in [1.54, 1.807) is 11.8 Å². The average Bonchev–Trinajstić information content (AvgIpc) is 2.87. The lowest BCUT2D eigenvalue weighted by Crippen LogP contribution is -2.33. The van der Waals surface area contributed by atoms with Gasteiger partial charge in [-0.15, -0.1) is 11.8 Å². The smallest absolute Gasteiger partial charge is 0.318 e. The average molecular weight is 464 g/mol. The summed E-state index contributed by atoms with van der Waals surface area (Å²) in [5.74, 6) is 1.57. The van der Waals surface area contributed by atoms with Crippen LogP contribution in [0.3, 0.4) is 0 Å². The fourth-order valence-corrected chi connectivity index (χ4v) is 3.30. The molecule has 0 atom stereocenters. The van der Waals surface area contributed by atoms with Gasteiger partial charge in [0.15, 0.2) is 0 Å². The summed E-state index contributed by atoms with van der Waals surface area (Å²) in [4.78, 5) is 13.2. The maximum Gasteiger partial charge on any atom is 0.318 e. The van der Waals surface area contributed by atoms with E-state index in [0.29, 0.717) is 31.9 Å². The number of urea groups is 1. The molecular weight excluding hydrogens is 434 g/mol. The van der Waals surface area contributed by atoms with E-state index in [0.717, 1.165) is 22.6 Å². The van der Waals surface area contributed by atoms with E-state index in [1.165, 1.54) is 11.1 Å². The Morgan fingerprint density at radius 2 is 1.64 bits per heavy atom. The molecule has 3 aromatic rings. The minimum Gasteiger partial charge on any atom is -0.494 e. The van der Waals surface area contributed by atoms with Crippen LogP contribution in [0, 0.1) is 0 Å². The Bertz CT molecular complexity index is 1020. The molecular formula is C26H29N3O3S. The van der Waals surface area contributed by atoms with Gasteiger partial charge in [0.2, 0.25) is 0 Å². The Balaban J connectivity index is 1.36. The summed E-state index contributed by atoms with van der Waals surface area (Å²) in [5.41, 5.74) is 8.44. The molecule has 0 bridgehead atoms. The second kappa shape index (κ2) is 13.1. The summed E-state index contributed by atoms with van der Waals surface area (Å²) in [6.07, 6.45) is 4.24. The molecule has 0 fully saturated rings. The van der Waals surface area contributed by atoms with Gasteiger partial charge >= 0.3 is 6.03 Å². The number of nitrogens with one attached hydrogen (secondary N) is 2. The summed E-state index contributed by atoms with van der Waals surface area (Å²) in [6.45, 7) is 1.52. The molecule has 0 spiro atoms. The number of rotatable bonds is 11. The quantitative estimate of drug-likeness (QED) is 0.275. The zero-order chi connectivity index (χ0) is 23.3. The van der Waals surface area contributed by atoms with Crippen molar-refractivity contribution in [2.75, 3.05) is 19.4 Å². The minimum absolute atomic E-state index is 0.315. The molecule has 0 aliphatic heterocycles. The third-order valence-electron chi connectivity index (χ3n) is 4.73. The molecule has 3 aromatic carbocycles. The highest BCUT2D eigenvalue weighted by Crippen LogP contribution is 2.19. The fraction of sp³-hybridized carbons (Fsp3) is 0.192. The van der Waals surface area contributed by atoms with Crippen LogP contribution in [0.1, 0.15) is 17.5 Å². The van der Waals surface area contributed by atoms with Crippen LogP contribution in [0.2, 0.25) is 0 Å². The molecule has 0 aliphatic rings. The number of carbonyl (C=O) groups is 1. The maximum absolute atomic E-state index is 11.9. The zero-order valence-corrected chi connectivity index (χ0v) is 19.4. The number of carbonyl (C=O) groups excluding carboxylic acids is 1. The largest absolute Gasteiger partial charge is 0.494 e. The van der Waals surface area contributed by atoms with Gasteiger partial charge in [0.05, 0.1) is 12.3 Å². The van der Waals surface area contributed by atoms with Crippen molar-refractivity contribution in [2.24, 2.45) is 5.73 Å². The normalized spacial score (nSPS) is 11.0. The van der Waals surface area contributed by atoms with Gasteiger partial charge in [-0.3, -0.25) is 0 Å². The molecule has 4 N–H and O–H groups in total. The first-order chi connectivity index (χ1) is 16.1. The van der Waals surface area contributed by atoms with Gasteiger partial charge in [0.1, 0.15) is 18.1 Å². The third-order valence-corrected chi connectivity index (χ3v) is 5.47. The van der Waals surface area contributed by atoms with Crippen LogP contribution in [0.25, 0.3) is 5.70 Å². The van der Waals surface area contributed by atoms with Crippen molar-refractivity contribution in [1.29, 1.82) is 0 Å². The van der Waals surface area contributed by atoms with Crippen molar-refractivity contribution < 1.29 is 14.3 Å². The molecule has 0 saturated heterocycles. The highest BCUT2D eigenvalue weighted by atomic mass is 32.2. The number of thioether (sulfide) groups is 1. The highest BCUT2D eigenvalue weighted by Gasteiger charge is 2.02. The van der Waals surface area contributed by atoms with Gasteiger partial charge < -0.3 is 25.8 Å². The molecule has 0 saturated carbocycles. The molecule has 33 heavy (non-hydrogen) atoms. The molecule has 0 unspecified atom stereocenters. The van der Waals surface area contributed by atoms with Gasteiger partial charge in [-0.25, -0.2) is 4.79 Å². The Labute approximate surface area is 199 Å². The third kappa shape index (κ3) is 8.46. The SMILES string of the molecule is CSc1ccc(COc2ccc(/C(N)=C/NC(=O)NCCCOc3ccccc3)cc2)cc1. The minimum atomic E-state index is -0.315. The van der Waals surface area contributed by atoms with Crippen LogP contribution in [-0.4, -0.2) is 25.4 Å². The standard InChI is InChI=1S/C26H29N3O3S/c1-33-24-14-8-20(9-15-24)19-32-23-12-10-21(11-13-23)25(27)18-29-26(30)28-16-5-17-31-22-6-3-2-4-7-22/h2-4,6-15,18H,5,16-17,19,27H2,1H3,(H2,28,29,30)/b25-18-. The number of benzene rings is 3. The number of nitrogens with two attached hydrogens (primary N) is 1. The number of hydrogen-bond acceptors (Lipinski definition) is 5. The molecule has 172 valence electrons. The first-order valence-electron chi connectivity index (χ1n) is 10.7. The lowest BCUT2D eigenvalue weighted by Gasteiger charge is -2.09. The lowest BCUT2D eigenvalue weighted by molar-refractivity contribution is 0.242. The molecule has 0 aliphatic carbocycles. The zero-order valence-electron chi connectivity index (χ0n) is 18.6. The predicted molar refractivity (Wildman–Crippen MR) is 134 cm³/mol. The summed E-state index contributed by atoms with van der Waals surface area (Å²) in [6, 6.07) is 25.0. The first kappa shape index (κ1) is 24.1. The van der Waals surface area contributed by atoms with E-state index in [1.807, 2.05) is 54.6 Å². The predicted octanol–water partition coefficient (Wildman–Crippen LogP) is 5.01. The van der Waals surface area contributed by atoms with Crippen molar-refractivity contribution in [3.05, 3.63) is 96.2 Å². The van der Waals surface area contributed by atoms with Gasteiger partial charge in [-0.05, 0) is 72.3 Å². The van der Waals surface area contributed by atoms with E-state index >= 15 is 0 Å². The van der Waals surface area contributed by atoms with E-state index in [9.17, 15) is 4.79 Å². The lowest BCUT2D eigenvalue weighted by atomic mass is 10.1. The second-order valence-electron chi connectivity index (χ2n) is 7.18. The molecule has 0 aromatic heterocycles. The maximum atomic E-state index is 11.9. The van der Waals surface area contributed by atoms with Crippen LogP contribution in [-0.2, 0) is 6.61 Å². The van der Waals surface area contributed by atoms with E-state index in [-0.39, 0.29) is 6.03 Å². The molecule has 2 amide bonds. The van der Waals surface area contributed by atoms with Crippen molar-refractivity contribution in [3.63, 3.8) is 0 Å². The van der Waals surface area contributed by atoms with Crippen molar-refractivity contribution >= 4 is 23.5 Å². The molecule has 7 heteroatoms. The summed E-state index contributed by atoms with van der Waals surface area (Å²) < 4.78 is 11.4. The molecule has 0 radical (unpaired) electrons. The van der Waals surface area contributed by atoms with Crippen molar-refractivity contribution in [3.8, 4) is 11.5 Å². The van der Waals surface area contributed by atoms with Crippen LogP contribution in [0.4, 0.5) is 4.79 Å².